The first-order valence-corrected chi connectivity index (χ1v) is 10.9. The van der Waals surface area contributed by atoms with Gasteiger partial charge in [0, 0.05) is 32.7 Å². The molecule has 0 aliphatic carbocycles. The Hall–Kier alpha value is -2.13. The number of sulfonamides is 1. The average Bonchev–Trinajstić information content (AvgIpc) is 3.18. The third-order valence-corrected chi connectivity index (χ3v) is 7.51. The van der Waals surface area contributed by atoms with Gasteiger partial charge in [0.05, 0.1) is 12.0 Å². The number of methoxy groups -OCH3 is 1. The number of carbonyl (C=O) groups is 2. The van der Waals surface area contributed by atoms with E-state index < -0.39 is 22.2 Å². The standard InChI is InChI=1S/C19H27N3O5S/c1-14-6-7-16(13-15(14)2)28(25,26)21-11-9-20(10-12-21)18(23)17-5-4-8-22(17)19(24)27-3/h6-7,13,17H,4-5,8-12H2,1-3H3. The Labute approximate surface area is 166 Å². The molecule has 1 unspecified atom stereocenters. The molecule has 9 heteroatoms. The van der Waals surface area contributed by atoms with Gasteiger partial charge in [-0.3, -0.25) is 9.69 Å². The van der Waals surface area contributed by atoms with Gasteiger partial charge < -0.3 is 9.64 Å². The third-order valence-electron chi connectivity index (χ3n) is 5.61. The van der Waals surface area contributed by atoms with E-state index in [2.05, 4.69) is 0 Å². The lowest BCUT2D eigenvalue weighted by molar-refractivity contribution is -0.136. The van der Waals surface area contributed by atoms with Crippen LogP contribution in [-0.4, -0.2) is 80.4 Å². The fourth-order valence-electron chi connectivity index (χ4n) is 3.74. The van der Waals surface area contributed by atoms with E-state index in [1.165, 1.54) is 16.3 Å². The molecule has 0 radical (unpaired) electrons. The second-order valence-electron chi connectivity index (χ2n) is 7.30. The van der Waals surface area contributed by atoms with Crippen molar-refractivity contribution in [1.82, 2.24) is 14.1 Å². The second-order valence-corrected chi connectivity index (χ2v) is 9.23. The first kappa shape index (κ1) is 20.6. The Morgan fingerprint density at radius 2 is 1.71 bits per heavy atom. The van der Waals surface area contributed by atoms with E-state index in [-0.39, 0.29) is 23.9 Å². The number of amides is 2. The van der Waals surface area contributed by atoms with E-state index in [0.717, 1.165) is 17.5 Å². The number of nitrogens with zero attached hydrogens (tertiary/aromatic N) is 3. The van der Waals surface area contributed by atoms with Crippen LogP contribution in [0.1, 0.15) is 24.0 Å². The number of likely N-dealkylation sites (tertiary alicyclic amines) is 1. The topological polar surface area (TPSA) is 87.2 Å². The van der Waals surface area contributed by atoms with Crippen LogP contribution in [0.5, 0.6) is 0 Å². The lowest BCUT2D eigenvalue weighted by atomic mass is 10.1. The van der Waals surface area contributed by atoms with Crippen molar-refractivity contribution >= 4 is 22.0 Å². The van der Waals surface area contributed by atoms with Gasteiger partial charge in [-0.25, -0.2) is 13.2 Å². The zero-order chi connectivity index (χ0) is 20.5. The Morgan fingerprint density at radius 3 is 2.32 bits per heavy atom. The summed E-state index contributed by atoms with van der Waals surface area (Å²) in [5.74, 6) is -0.133. The van der Waals surface area contributed by atoms with Crippen molar-refractivity contribution in [2.45, 2.75) is 37.6 Å². The summed E-state index contributed by atoms with van der Waals surface area (Å²) in [6, 6.07) is 4.61. The molecule has 0 N–H and O–H groups in total. The molecule has 0 bridgehead atoms. The zero-order valence-electron chi connectivity index (χ0n) is 16.6. The number of hydrogen-bond donors (Lipinski definition) is 0. The quantitative estimate of drug-likeness (QED) is 0.752. The molecule has 28 heavy (non-hydrogen) atoms. The Bertz CT molecular complexity index is 862. The molecule has 8 nitrogen and oxygen atoms in total. The summed E-state index contributed by atoms with van der Waals surface area (Å²) in [5, 5.41) is 0. The number of rotatable bonds is 3. The summed E-state index contributed by atoms with van der Waals surface area (Å²) >= 11 is 0. The number of ether oxygens (including phenoxy) is 1. The normalized spacial score (nSPS) is 21.0. The fraction of sp³-hybridized carbons (Fsp3) is 0.579. The van der Waals surface area contributed by atoms with Gasteiger partial charge in [0.1, 0.15) is 6.04 Å². The highest BCUT2D eigenvalue weighted by molar-refractivity contribution is 7.89. The number of hydrogen-bond acceptors (Lipinski definition) is 5. The van der Waals surface area contributed by atoms with Crippen LogP contribution < -0.4 is 0 Å². The summed E-state index contributed by atoms with van der Waals surface area (Å²) in [7, 11) is -2.28. The largest absolute Gasteiger partial charge is 0.453 e. The molecule has 2 fully saturated rings. The lowest BCUT2D eigenvalue weighted by Crippen LogP contribution is -2.55. The van der Waals surface area contributed by atoms with Crippen LogP contribution >= 0.6 is 0 Å². The molecule has 2 aliphatic heterocycles. The minimum atomic E-state index is -3.59. The molecular weight excluding hydrogens is 382 g/mol. The number of aryl methyl sites for hydroxylation is 2. The van der Waals surface area contributed by atoms with Crippen LogP contribution in [-0.2, 0) is 19.6 Å². The molecule has 0 spiro atoms. The smallest absolute Gasteiger partial charge is 0.410 e. The van der Waals surface area contributed by atoms with Gasteiger partial charge in [-0.15, -0.1) is 0 Å². The van der Waals surface area contributed by atoms with Gasteiger partial charge in [0.2, 0.25) is 15.9 Å². The lowest BCUT2D eigenvalue weighted by Gasteiger charge is -2.36. The van der Waals surface area contributed by atoms with E-state index in [0.29, 0.717) is 26.1 Å². The Morgan fingerprint density at radius 1 is 1.04 bits per heavy atom. The van der Waals surface area contributed by atoms with Crippen molar-refractivity contribution in [2.24, 2.45) is 0 Å². The predicted molar refractivity (Wildman–Crippen MR) is 103 cm³/mol. The van der Waals surface area contributed by atoms with Crippen LogP contribution in [0, 0.1) is 13.8 Å². The number of benzene rings is 1. The van der Waals surface area contributed by atoms with E-state index in [9.17, 15) is 18.0 Å². The SMILES string of the molecule is COC(=O)N1CCCC1C(=O)N1CCN(S(=O)(=O)c2ccc(C)c(C)c2)CC1. The van der Waals surface area contributed by atoms with E-state index in [1.54, 1.807) is 17.0 Å². The van der Waals surface area contributed by atoms with E-state index in [4.69, 9.17) is 4.74 Å². The summed E-state index contributed by atoms with van der Waals surface area (Å²) in [6.07, 6.45) is 0.869. The van der Waals surface area contributed by atoms with Gasteiger partial charge in [-0.05, 0) is 49.9 Å². The maximum atomic E-state index is 12.9. The number of piperazine rings is 1. The summed E-state index contributed by atoms with van der Waals surface area (Å²) in [5.41, 5.74) is 1.97. The highest BCUT2D eigenvalue weighted by Crippen LogP contribution is 2.23. The highest BCUT2D eigenvalue weighted by Gasteiger charge is 2.39. The van der Waals surface area contributed by atoms with E-state index >= 15 is 0 Å². The maximum Gasteiger partial charge on any atom is 0.410 e. The van der Waals surface area contributed by atoms with E-state index in [1.807, 2.05) is 19.9 Å². The van der Waals surface area contributed by atoms with Gasteiger partial charge >= 0.3 is 6.09 Å². The van der Waals surface area contributed by atoms with Crippen molar-refractivity contribution in [3.8, 4) is 0 Å². The van der Waals surface area contributed by atoms with Crippen molar-refractivity contribution in [2.75, 3.05) is 39.8 Å². The highest BCUT2D eigenvalue weighted by atomic mass is 32.2. The van der Waals surface area contributed by atoms with Gasteiger partial charge in [-0.2, -0.15) is 4.31 Å². The Kier molecular flexibility index (Phi) is 5.95. The molecule has 0 saturated carbocycles. The van der Waals surface area contributed by atoms with Crippen molar-refractivity contribution in [1.29, 1.82) is 0 Å². The fourth-order valence-corrected chi connectivity index (χ4v) is 5.25. The maximum absolute atomic E-state index is 12.9. The molecule has 2 heterocycles. The summed E-state index contributed by atoms with van der Waals surface area (Å²) in [6.45, 7) is 5.45. The van der Waals surface area contributed by atoms with Crippen molar-refractivity contribution < 1.29 is 22.7 Å². The summed E-state index contributed by atoms with van der Waals surface area (Å²) in [4.78, 5) is 28.1. The minimum Gasteiger partial charge on any atom is -0.453 e. The molecule has 2 amide bonds. The van der Waals surface area contributed by atoms with Gasteiger partial charge in [0.25, 0.3) is 0 Å². The van der Waals surface area contributed by atoms with Crippen LogP contribution in [0.25, 0.3) is 0 Å². The van der Waals surface area contributed by atoms with Gasteiger partial charge in [-0.1, -0.05) is 6.07 Å². The molecule has 2 saturated heterocycles. The predicted octanol–water partition coefficient (Wildman–Crippen LogP) is 1.37. The van der Waals surface area contributed by atoms with Crippen LogP contribution in [0.15, 0.2) is 23.1 Å². The molecule has 1 atom stereocenters. The molecule has 2 aliphatic rings. The first-order chi connectivity index (χ1) is 13.3. The van der Waals surface area contributed by atoms with Crippen molar-refractivity contribution in [3.63, 3.8) is 0 Å². The van der Waals surface area contributed by atoms with Crippen LogP contribution in [0.2, 0.25) is 0 Å². The molecule has 1 aromatic rings. The second kappa shape index (κ2) is 8.08. The van der Waals surface area contributed by atoms with Gasteiger partial charge in [0.15, 0.2) is 0 Å². The molecule has 0 aromatic heterocycles. The van der Waals surface area contributed by atoms with Crippen molar-refractivity contribution in [3.05, 3.63) is 29.3 Å². The Balaban J connectivity index is 1.66. The molecule has 3 rings (SSSR count). The molecule has 1 aromatic carbocycles. The third kappa shape index (κ3) is 3.86. The average molecular weight is 410 g/mol. The zero-order valence-corrected chi connectivity index (χ0v) is 17.4. The number of carbonyl (C=O) groups excluding carboxylic acids is 2. The first-order valence-electron chi connectivity index (χ1n) is 9.46. The monoisotopic (exact) mass is 409 g/mol. The van der Waals surface area contributed by atoms with Crippen LogP contribution in [0.4, 0.5) is 4.79 Å². The minimum absolute atomic E-state index is 0.133. The molecular formula is C19H27N3O5S. The van der Waals surface area contributed by atoms with Crippen LogP contribution in [0.3, 0.4) is 0 Å². The molecule has 154 valence electrons. The summed E-state index contributed by atoms with van der Waals surface area (Å²) < 4.78 is 32.0.